The van der Waals surface area contributed by atoms with Gasteiger partial charge < -0.3 is 36.0 Å². The number of hydrogen-bond donors (Lipinski definition) is 1. The number of aliphatic hydroxyl groups is 1. The first kappa shape index (κ1) is 29.3. The number of ether oxygens (including phenoxy) is 2. The number of aliphatic hydroxyl groups excluding tert-OH is 1. The van der Waals surface area contributed by atoms with Crippen LogP contribution in [0.4, 0.5) is 0 Å². The summed E-state index contributed by atoms with van der Waals surface area (Å²) in [6, 6.07) is 0.720. The molecule has 7 heteroatoms. The fourth-order valence-corrected chi connectivity index (χ4v) is 11.1. The van der Waals surface area contributed by atoms with Crippen molar-refractivity contribution in [3.8, 4) is 0 Å². The summed E-state index contributed by atoms with van der Waals surface area (Å²) < 4.78 is 13.1. The molecule has 2 aliphatic heterocycles. The Bertz CT molecular complexity index is 861. The maximum absolute atomic E-state index is 12.4. The summed E-state index contributed by atoms with van der Waals surface area (Å²) in [5, 5.41) is 11.3. The fraction of sp³-hybridized carbons (Fsp3) is 0.968. The maximum atomic E-state index is 12.4. The van der Waals surface area contributed by atoms with Gasteiger partial charge in [0, 0.05) is 37.9 Å². The number of quaternary nitrogens is 1. The topological polar surface area (TPSA) is 59.0 Å². The number of carbonyl (C=O) groups is 1. The SMILES string of the molecule is CC(=O)O[C@@H]1[C@@H]([N+]2(C)CCCCC2)C[C@H]2[C@@H]3CC[C@H]4C[C@H](O)[C@@H](N5CCOCC5)C[C@]4(C)[C@H]3CC[C@]12C.[Br-]. The highest BCUT2D eigenvalue weighted by Crippen LogP contribution is 2.67. The van der Waals surface area contributed by atoms with Crippen LogP contribution in [0.5, 0.6) is 0 Å². The summed E-state index contributed by atoms with van der Waals surface area (Å²) in [5.74, 6) is 2.64. The van der Waals surface area contributed by atoms with Crippen LogP contribution in [0.2, 0.25) is 0 Å². The molecule has 6 rings (SSSR count). The number of hydrogen-bond acceptors (Lipinski definition) is 5. The molecule has 6 aliphatic rings. The van der Waals surface area contributed by atoms with Gasteiger partial charge >= 0.3 is 5.97 Å². The maximum Gasteiger partial charge on any atom is 0.303 e. The zero-order chi connectivity index (χ0) is 26.0. The van der Waals surface area contributed by atoms with Crippen LogP contribution < -0.4 is 17.0 Å². The summed E-state index contributed by atoms with van der Waals surface area (Å²) in [5.41, 5.74) is 0.391. The van der Waals surface area contributed by atoms with Crippen molar-refractivity contribution >= 4 is 5.97 Å². The summed E-state index contributed by atoms with van der Waals surface area (Å²) in [4.78, 5) is 15.0. The van der Waals surface area contributed by atoms with Gasteiger partial charge in [0.25, 0.3) is 0 Å². The summed E-state index contributed by atoms with van der Waals surface area (Å²) in [6.07, 6.45) is 12.1. The van der Waals surface area contributed by atoms with E-state index in [-0.39, 0.29) is 46.6 Å². The van der Waals surface area contributed by atoms with E-state index >= 15 is 0 Å². The van der Waals surface area contributed by atoms with Crippen LogP contribution in [-0.4, -0.2) is 91.2 Å². The molecular formula is C31H53BrN2O4. The lowest BCUT2D eigenvalue weighted by molar-refractivity contribution is -0.940. The molecule has 2 heterocycles. The van der Waals surface area contributed by atoms with Gasteiger partial charge in [-0.1, -0.05) is 13.8 Å². The van der Waals surface area contributed by atoms with Crippen LogP contribution in [0, 0.1) is 34.5 Å². The molecule has 6 fully saturated rings. The van der Waals surface area contributed by atoms with Gasteiger partial charge in [0.15, 0.2) is 6.10 Å². The lowest BCUT2D eigenvalue weighted by Crippen LogP contribution is -3.00. The third-order valence-electron chi connectivity index (χ3n) is 13.1. The Kier molecular flexibility index (Phi) is 8.39. The second-order valence-electron chi connectivity index (χ2n) is 14.7. The van der Waals surface area contributed by atoms with Crippen LogP contribution in [0.1, 0.15) is 85.0 Å². The van der Waals surface area contributed by atoms with Crippen LogP contribution in [0.3, 0.4) is 0 Å². The summed E-state index contributed by atoms with van der Waals surface area (Å²) in [6.45, 7) is 12.7. The molecule has 0 aromatic heterocycles. The third kappa shape index (κ3) is 4.72. The molecule has 38 heavy (non-hydrogen) atoms. The minimum Gasteiger partial charge on any atom is -1.00 e. The smallest absolute Gasteiger partial charge is 0.303 e. The molecule has 4 saturated carbocycles. The average molecular weight is 598 g/mol. The van der Waals surface area contributed by atoms with Gasteiger partial charge in [-0.15, -0.1) is 0 Å². The van der Waals surface area contributed by atoms with Gasteiger partial charge in [0.2, 0.25) is 0 Å². The number of nitrogens with zero attached hydrogens (tertiary/aromatic N) is 2. The van der Waals surface area contributed by atoms with E-state index in [0.29, 0.717) is 23.3 Å². The molecule has 0 bridgehead atoms. The minimum absolute atomic E-state index is 0. The van der Waals surface area contributed by atoms with Crippen molar-refractivity contribution < 1.29 is 40.8 Å². The Labute approximate surface area is 241 Å². The van der Waals surface area contributed by atoms with Crippen LogP contribution in [-0.2, 0) is 14.3 Å². The molecule has 0 aromatic rings. The highest BCUT2D eigenvalue weighted by molar-refractivity contribution is 5.66. The van der Waals surface area contributed by atoms with Gasteiger partial charge in [-0.05, 0) is 86.9 Å². The molecule has 10 atom stereocenters. The van der Waals surface area contributed by atoms with Crippen molar-refractivity contribution in [2.75, 3.05) is 46.4 Å². The molecule has 0 spiro atoms. The van der Waals surface area contributed by atoms with E-state index in [0.717, 1.165) is 55.5 Å². The van der Waals surface area contributed by atoms with Gasteiger partial charge in [0.1, 0.15) is 6.04 Å². The number of esters is 1. The van der Waals surface area contributed by atoms with Crippen molar-refractivity contribution in [3.63, 3.8) is 0 Å². The second-order valence-corrected chi connectivity index (χ2v) is 14.7. The lowest BCUT2D eigenvalue weighted by Gasteiger charge is -2.62. The Morgan fingerprint density at radius 2 is 1.71 bits per heavy atom. The molecule has 0 radical (unpaired) electrons. The lowest BCUT2D eigenvalue weighted by atomic mass is 9.44. The monoisotopic (exact) mass is 596 g/mol. The third-order valence-corrected chi connectivity index (χ3v) is 13.1. The Hall–Kier alpha value is -0.210. The average Bonchev–Trinajstić information content (AvgIpc) is 3.17. The number of carbonyl (C=O) groups excluding carboxylic acids is 1. The first-order valence-corrected chi connectivity index (χ1v) is 15.7. The molecule has 0 unspecified atom stereocenters. The molecular weight excluding hydrogens is 544 g/mol. The van der Waals surface area contributed by atoms with Gasteiger partial charge in [0.05, 0.1) is 39.5 Å². The standard InChI is InChI=1S/C31H53N2O4.BrH/c1-21(34)37-29-27(33(4)14-6-5-7-15-33)19-25-23-9-8-22-18-28(35)26(32-12-16-36-17-13-32)20-31(22,3)24(23)10-11-30(25,29)2;/h22-29,35H,5-20H2,1-4H3;1H/q+1;/p-1/t22-,23+,24-,25-,26-,27-,28-,29+,30-,31-;/m0./s1. The second kappa shape index (κ2) is 10.9. The van der Waals surface area contributed by atoms with Crippen molar-refractivity contribution in [2.24, 2.45) is 34.5 Å². The number of morpholine rings is 1. The van der Waals surface area contributed by atoms with E-state index in [2.05, 4.69) is 25.8 Å². The van der Waals surface area contributed by atoms with E-state index in [1.807, 2.05) is 0 Å². The number of halogens is 1. The first-order chi connectivity index (χ1) is 17.7. The van der Waals surface area contributed by atoms with E-state index in [9.17, 15) is 9.90 Å². The first-order valence-electron chi connectivity index (χ1n) is 15.7. The van der Waals surface area contributed by atoms with Crippen molar-refractivity contribution in [1.82, 2.24) is 4.90 Å². The highest BCUT2D eigenvalue weighted by Gasteiger charge is 2.67. The number of likely N-dealkylation sites (N-methyl/N-ethyl adjacent to an activating group) is 1. The minimum atomic E-state index is -0.200. The van der Waals surface area contributed by atoms with Gasteiger partial charge in [-0.2, -0.15) is 0 Å². The normalized spacial score (nSPS) is 48.7. The fourth-order valence-electron chi connectivity index (χ4n) is 11.1. The summed E-state index contributed by atoms with van der Waals surface area (Å²) >= 11 is 0. The molecule has 0 aromatic carbocycles. The Morgan fingerprint density at radius 1 is 1.00 bits per heavy atom. The Morgan fingerprint density at radius 3 is 2.39 bits per heavy atom. The largest absolute Gasteiger partial charge is 1.00 e. The van der Waals surface area contributed by atoms with E-state index in [4.69, 9.17) is 9.47 Å². The van der Waals surface area contributed by atoms with Gasteiger partial charge in [-0.25, -0.2) is 0 Å². The van der Waals surface area contributed by atoms with Crippen molar-refractivity contribution in [3.05, 3.63) is 0 Å². The number of piperidine rings is 1. The molecule has 0 amide bonds. The molecule has 218 valence electrons. The zero-order valence-corrected chi connectivity index (χ0v) is 26.0. The predicted molar refractivity (Wildman–Crippen MR) is 144 cm³/mol. The van der Waals surface area contributed by atoms with Crippen molar-refractivity contribution in [1.29, 1.82) is 0 Å². The quantitative estimate of drug-likeness (QED) is 0.392. The van der Waals surface area contributed by atoms with E-state index < -0.39 is 0 Å². The number of fused-ring (bicyclic) bond motifs is 5. The predicted octanol–water partition coefficient (Wildman–Crippen LogP) is 1.25. The summed E-state index contributed by atoms with van der Waals surface area (Å²) in [7, 11) is 2.46. The Balaban J connectivity index is 0.00000294. The van der Waals surface area contributed by atoms with Gasteiger partial charge in [-0.3, -0.25) is 9.69 Å². The molecule has 4 aliphatic carbocycles. The van der Waals surface area contributed by atoms with E-state index in [1.54, 1.807) is 6.92 Å². The van der Waals surface area contributed by atoms with Crippen LogP contribution in [0.25, 0.3) is 0 Å². The number of likely N-dealkylation sites (tertiary alicyclic amines) is 1. The number of rotatable bonds is 3. The van der Waals surface area contributed by atoms with Crippen LogP contribution in [0.15, 0.2) is 0 Å². The van der Waals surface area contributed by atoms with Crippen molar-refractivity contribution in [2.45, 2.75) is 109 Å². The van der Waals surface area contributed by atoms with Crippen LogP contribution >= 0.6 is 0 Å². The zero-order valence-electron chi connectivity index (χ0n) is 24.4. The molecule has 1 N–H and O–H groups in total. The molecule has 2 saturated heterocycles. The van der Waals surface area contributed by atoms with E-state index in [1.165, 1.54) is 64.5 Å². The highest BCUT2D eigenvalue weighted by atomic mass is 79.9. The molecule has 6 nitrogen and oxygen atoms in total.